The maximum Gasteiger partial charge on any atom is 0.123 e. The van der Waals surface area contributed by atoms with Gasteiger partial charge in [0.15, 0.2) is 0 Å². The molecule has 0 aliphatic rings. The van der Waals surface area contributed by atoms with Crippen molar-refractivity contribution >= 4 is 21.6 Å². The first-order valence-electron chi connectivity index (χ1n) is 6.61. The monoisotopic (exact) mass is 286 g/mol. The minimum absolute atomic E-state index is 0.185. The number of nitrogens with one attached hydrogen (secondary N) is 1. The third kappa shape index (κ3) is 3.21. The van der Waals surface area contributed by atoms with Crippen molar-refractivity contribution in [3.8, 4) is 0 Å². The van der Waals surface area contributed by atoms with Crippen LogP contribution in [0.3, 0.4) is 0 Å². The summed E-state index contributed by atoms with van der Waals surface area (Å²) in [5.74, 6) is -0.185. The molecular formula is C16H15FN2S. The highest BCUT2D eigenvalue weighted by Gasteiger charge is 2.02. The number of fused-ring (bicyclic) bond motifs is 1. The summed E-state index contributed by atoms with van der Waals surface area (Å²) in [4.78, 5) is 4.59. The Labute approximate surface area is 121 Å². The minimum atomic E-state index is -0.185. The van der Waals surface area contributed by atoms with E-state index in [4.69, 9.17) is 0 Å². The van der Waals surface area contributed by atoms with E-state index in [2.05, 4.69) is 16.4 Å². The van der Waals surface area contributed by atoms with E-state index in [1.54, 1.807) is 23.5 Å². The molecule has 20 heavy (non-hydrogen) atoms. The fraction of sp³-hybridized carbons (Fsp3) is 0.188. The van der Waals surface area contributed by atoms with Crippen molar-refractivity contribution in [3.63, 3.8) is 0 Å². The number of aromatic nitrogens is 1. The van der Waals surface area contributed by atoms with Crippen molar-refractivity contribution in [2.45, 2.75) is 13.0 Å². The highest BCUT2D eigenvalue weighted by Crippen LogP contribution is 2.21. The molecule has 0 saturated heterocycles. The molecule has 1 aromatic heterocycles. The zero-order valence-electron chi connectivity index (χ0n) is 11.0. The van der Waals surface area contributed by atoms with Crippen LogP contribution in [0.15, 0.2) is 48.5 Å². The summed E-state index contributed by atoms with van der Waals surface area (Å²) in [6, 6.07) is 14.9. The van der Waals surface area contributed by atoms with Gasteiger partial charge >= 0.3 is 0 Å². The lowest BCUT2D eigenvalue weighted by Crippen LogP contribution is -2.16. The van der Waals surface area contributed by atoms with Crippen molar-refractivity contribution < 1.29 is 4.39 Å². The molecule has 1 N–H and O–H groups in total. The van der Waals surface area contributed by atoms with E-state index in [0.29, 0.717) is 6.54 Å². The van der Waals surface area contributed by atoms with E-state index in [1.807, 2.05) is 24.3 Å². The van der Waals surface area contributed by atoms with Crippen LogP contribution in [0, 0.1) is 5.82 Å². The van der Waals surface area contributed by atoms with E-state index in [-0.39, 0.29) is 5.82 Å². The van der Waals surface area contributed by atoms with Crippen molar-refractivity contribution in [1.29, 1.82) is 0 Å². The molecule has 0 aliphatic heterocycles. The summed E-state index contributed by atoms with van der Waals surface area (Å²) < 4.78 is 14.3. The number of halogens is 1. The quantitative estimate of drug-likeness (QED) is 0.722. The molecule has 4 heteroatoms. The lowest BCUT2D eigenvalue weighted by atomic mass is 10.2. The highest BCUT2D eigenvalue weighted by molar-refractivity contribution is 7.18. The van der Waals surface area contributed by atoms with E-state index >= 15 is 0 Å². The molecule has 0 radical (unpaired) electrons. The van der Waals surface area contributed by atoms with Crippen LogP contribution in [0.2, 0.25) is 0 Å². The van der Waals surface area contributed by atoms with Crippen LogP contribution in [0.5, 0.6) is 0 Å². The molecule has 0 aliphatic carbocycles. The van der Waals surface area contributed by atoms with Crippen LogP contribution in [-0.2, 0) is 13.0 Å². The van der Waals surface area contributed by atoms with Gasteiger partial charge in [0.05, 0.1) is 15.2 Å². The Morgan fingerprint density at radius 1 is 1.10 bits per heavy atom. The second-order valence-corrected chi connectivity index (χ2v) is 5.75. The van der Waals surface area contributed by atoms with E-state index in [9.17, 15) is 4.39 Å². The van der Waals surface area contributed by atoms with Crippen LogP contribution in [0.1, 0.15) is 10.6 Å². The Hall–Kier alpha value is -1.78. The van der Waals surface area contributed by atoms with Crippen LogP contribution in [0.25, 0.3) is 10.2 Å². The Morgan fingerprint density at radius 3 is 2.85 bits per heavy atom. The molecule has 0 spiro atoms. The van der Waals surface area contributed by atoms with Gasteiger partial charge in [-0.05, 0) is 29.8 Å². The van der Waals surface area contributed by atoms with Gasteiger partial charge in [0.2, 0.25) is 0 Å². The summed E-state index contributed by atoms with van der Waals surface area (Å²) in [5, 5.41) is 4.46. The first-order chi connectivity index (χ1) is 9.81. The first kappa shape index (κ1) is 13.2. The van der Waals surface area contributed by atoms with Gasteiger partial charge in [0.25, 0.3) is 0 Å². The second kappa shape index (κ2) is 6.11. The van der Waals surface area contributed by atoms with Gasteiger partial charge < -0.3 is 5.32 Å². The minimum Gasteiger partial charge on any atom is -0.312 e. The molecule has 0 saturated carbocycles. The van der Waals surface area contributed by atoms with Crippen LogP contribution in [-0.4, -0.2) is 11.5 Å². The van der Waals surface area contributed by atoms with E-state index < -0.39 is 0 Å². The molecule has 0 amide bonds. The van der Waals surface area contributed by atoms with Crippen LogP contribution >= 0.6 is 11.3 Å². The molecule has 3 rings (SSSR count). The van der Waals surface area contributed by atoms with Crippen LogP contribution in [0.4, 0.5) is 4.39 Å². The molecular weight excluding hydrogens is 271 g/mol. The van der Waals surface area contributed by atoms with Gasteiger partial charge in [0, 0.05) is 19.5 Å². The van der Waals surface area contributed by atoms with Gasteiger partial charge in [0.1, 0.15) is 5.82 Å². The van der Waals surface area contributed by atoms with E-state index in [0.717, 1.165) is 29.1 Å². The number of hydrogen-bond acceptors (Lipinski definition) is 3. The molecule has 102 valence electrons. The van der Waals surface area contributed by atoms with Crippen molar-refractivity contribution in [2.24, 2.45) is 0 Å². The van der Waals surface area contributed by atoms with Gasteiger partial charge in [-0.25, -0.2) is 9.37 Å². The zero-order valence-corrected chi connectivity index (χ0v) is 11.8. The Balaban J connectivity index is 1.52. The zero-order chi connectivity index (χ0) is 13.8. The van der Waals surface area contributed by atoms with Crippen molar-refractivity contribution in [2.75, 3.05) is 6.54 Å². The molecule has 3 aromatic rings. The van der Waals surface area contributed by atoms with Crippen molar-refractivity contribution in [3.05, 3.63) is 64.9 Å². The maximum absolute atomic E-state index is 13.0. The molecule has 0 bridgehead atoms. The number of nitrogens with zero attached hydrogens (tertiary/aromatic N) is 1. The Morgan fingerprint density at radius 2 is 2.00 bits per heavy atom. The average Bonchev–Trinajstić information content (AvgIpc) is 2.86. The summed E-state index contributed by atoms with van der Waals surface area (Å²) in [6.07, 6.45) is 0.897. The normalized spacial score (nSPS) is 11.1. The molecule has 0 atom stereocenters. The molecule has 2 aromatic carbocycles. The first-order valence-corrected chi connectivity index (χ1v) is 7.42. The summed E-state index contributed by atoms with van der Waals surface area (Å²) in [5.41, 5.74) is 2.03. The van der Waals surface area contributed by atoms with Gasteiger partial charge in [-0.2, -0.15) is 0 Å². The standard InChI is InChI=1S/C16H15FN2S/c17-13-5-3-4-12(10-13)11-18-9-8-16-19-14-6-1-2-7-15(14)20-16/h1-7,10,18H,8-9,11H2. The molecule has 0 unspecified atom stereocenters. The number of benzene rings is 2. The lowest BCUT2D eigenvalue weighted by Gasteiger charge is -2.03. The van der Waals surface area contributed by atoms with Gasteiger partial charge in [-0.15, -0.1) is 11.3 Å². The molecule has 1 heterocycles. The fourth-order valence-electron chi connectivity index (χ4n) is 2.10. The lowest BCUT2D eigenvalue weighted by molar-refractivity contribution is 0.620. The molecule has 0 fully saturated rings. The largest absolute Gasteiger partial charge is 0.312 e. The maximum atomic E-state index is 13.0. The average molecular weight is 286 g/mol. The predicted molar refractivity (Wildman–Crippen MR) is 81.4 cm³/mol. The van der Waals surface area contributed by atoms with Gasteiger partial charge in [-0.3, -0.25) is 0 Å². The Bertz CT molecular complexity index is 675. The smallest absolute Gasteiger partial charge is 0.123 e. The fourth-order valence-corrected chi connectivity index (χ4v) is 3.07. The molecule has 2 nitrogen and oxygen atoms in total. The second-order valence-electron chi connectivity index (χ2n) is 4.63. The van der Waals surface area contributed by atoms with Crippen molar-refractivity contribution in [1.82, 2.24) is 10.3 Å². The Kier molecular flexibility index (Phi) is 4.04. The summed E-state index contributed by atoms with van der Waals surface area (Å²) in [6.45, 7) is 1.53. The number of thiazole rings is 1. The number of hydrogen-bond donors (Lipinski definition) is 1. The van der Waals surface area contributed by atoms with E-state index in [1.165, 1.54) is 10.8 Å². The number of para-hydroxylation sites is 1. The predicted octanol–water partition coefficient (Wildman–Crippen LogP) is 3.77. The summed E-state index contributed by atoms with van der Waals surface area (Å²) >= 11 is 1.73. The van der Waals surface area contributed by atoms with Gasteiger partial charge in [-0.1, -0.05) is 24.3 Å². The number of rotatable bonds is 5. The highest BCUT2D eigenvalue weighted by atomic mass is 32.1. The third-order valence-corrected chi connectivity index (χ3v) is 4.17. The summed E-state index contributed by atoms with van der Waals surface area (Å²) in [7, 11) is 0. The topological polar surface area (TPSA) is 24.9 Å². The van der Waals surface area contributed by atoms with Crippen LogP contribution < -0.4 is 5.32 Å². The SMILES string of the molecule is Fc1cccc(CNCCc2nc3ccccc3s2)c1. The third-order valence-electron chi connectivity index (χ3n) is 3.07.